The molecule has 0 aliphatic heterocycles. The molecule has 0 aliphatic rings. The Morgan fingerprint density at radius 3 is 2.48 bits per heavy atom. The van der Waals surface area contributed by atoms with Gasteiger partial charge in [-0.05, 0) is 34.1 Å². The first kappa shape index (κ1) is 20.7. The first-order chi connectivity index (χ1) is 14.0. The minimum absolute atomic E-state index is 0.223. The topological polar surface area (TPSA) is 74.6 Å². The number of benzene rings is 2. The summed E-state index contributed by atoms with van der Waals surface area (Å²) in [7, 11) is 4.40. The van der Waals surface area contributed by atoms with Crippen LogP contribution in [0.25, 0.3) is 0 Å². The van der Waals surface area contributed by atoms with Gasteiger partial charge in [-0.1, -0.05) is 18.2 Å². The Bertz CT molecular complexity index is 1040. The predicted octanol–water partition coefficient (Wildman–Crippen LogP) is 4.11. The molecule has 2 aromatic carbocycles. The van der Waals surface area contributed by atoms with E-state index in [2.05, 4.69) is 26.3 Å². The number of amides is 1. The van der Waals surface area contributed by atoms with Crippen LogP contribution in [0, 0.1) is 5.82 Å². The van der Waals surface area contributed by atoms with Gasteiger partial charge in [0.2, 0.25) is 5.75 Å². The zero-order valence-electron chi connectivity index (χ0n) is 16.0. The molecule has 0 spiro atoms. The molecule has 1 N–H and O–H groups in total. The van der Waals surface area contributed by atoms with E-state index in [4.69, 9.17) is 14.2 Å². The summed E-state index contributed by atoms with van der Waals surface area (Å²) < 4.78 is 31.9. The lowest BCUT2D eigenvalue weighted by atomic mass is 10.1. The fourth-order valence-corrected chi connectivity index (χ4v) is 3.23. The Kier molecular flexibility index (Phi) is 6.38. The third-order valence-corrected chi connectivity index (χ3v) is 4.77. The average Bonchev–Trinajstić information content (AvgIpc) is 3.06. The van der Waals surface area contributed by atoms with Crippen molar-refractivity contribution < 1.29 is 23.4 Å². The Morgan fingerprint density at radius 2 is 1.83 bits per heavy atom. The van der Waals surface area contributed by atoms with Gasteiger partial charge in [0.1, 0.15) is 5.82 Å². The van der Waals surface area contributed by atoms with Crippen molar-refractivity contribution in [3.63, 3.8) is 0 Å². The van der Waals surface area contributed by atoms with Gasteiger partial charge < -0.3 is 19.5 Å². The molecule has 0 fully saturated rings. The van der Waals surface area contributed by atoms with E-state index in [9.17, 15) is 9.18 Å². The van der Waals surface area contributed by atoms with E-state index in [-0.39, 0.29) is 23.7 Å². The lowest BCUT2D eigenvalue weighted by molar-refractivity contribution is 0.102. The summed E-state index contributed by atoms with van der Waals surface area (Å²) in [5.74, 6) is 0.525. The summed E-state index contributed by atoms with van der Waals surface area (Å²) >= 11 is 3.37. The number of ether oxygens (including phenoxy) is 3. The number of rotatable bonds is 7. The maximum absolute atomic E-state index is 13.9. The lowest BCUT2D eigenvalue weighted by Gasteiger charge is -2.15. The quantitative estimate of drug-likeness (QED) is 0.570. The molecule has 152 valence electrons. The maximum Gasteiger partial charge on any atom is 0.260 e. The van der Waals surface area contributed by atoms with Crippen molar-refractivity contribution in [3.05, 3.63) is 64.0 Å². The normalized spacial score (nSPS) is 10.5. The Balaban J connectivity index is 1.85. The fraction of sp³-hybridized carbons (Fsp3) is 0.200. The molecular weight excluding hydrogens is 445 g/mol. The number of nitrogens with one attached hydrogen (secondary N) is 1. The van der Waals surface area contributed by atoms with Crippen LogP contribution in [0.3, 0.4) is 0 Å². The molecule has 0 saturated carbocycles. The van der Waals surface area contributed by atoms with Gasteiger partial charge in [0, 0.05) is 11.8 Å². The molecule has 3 rings (SSSR count). The van der Waals surface area contributed by atoms with E-state index < -0.39 is 5.91 Å². The van der Waals surface area contributed by atoms with Crippen LogP contribution in [-0.4, -0.2) is 37.0 Å². The Hall–Kier alpha value is -3.07. The number of aromatic nitrogens is 2. The summed E-state index contributed by atoms with van der Waals surface area (Å²) in [5.41, 5.74) is 0.739. The van der Waals surface area contributed by atoms with Crippen molar-refractivity contribution >= 4 is 27.7 Å². The molecule has 0 aliphatic carbocycles. The maximum atomic E-state index is 13.9. The zero-order valence-corrected chi connectivity index (χ0v) is 17.6. The third kappa shape index (κ3) is 4.34. The standard InChI is InChI=1S/C20H19BrFN3O4/c1-27-16-9-8-13(17(28-2)18(16)29-3)20(26)23-19-14(21)11-25(24-19)10-12-6-4-5-7-15(12)22/h4-9,11H,10H2,1-3H3,(H,23,24,26). The molecule has 0 bridgehead atoms. The summed E-state index contributed by atoms with van der Waals surface area (Å²) in [5, 5.41) is 7.04. The zero-order chi connectivity index (χ0) is 21.0. The van der Waals surface area contributed by atoms with Crippen molar-refractivity contribution in [2.45, 2.75) is 6.54 Å². The average molecular weight is 464 g/mol. The smallest absolute Gasteiger partial charge is 0.260 e. The van der Waals surface area contributed by atoms with E-state index in [1.165, 1.54) is 32.1 Å². The van der Waals surface area contributed by atoms with Crippen LogP contribution in [-0.2, 0) is 6.54 Å². The summed E-state index contributed by atoms with van der Waals surface area (Å²) in [6.45, 7) is 0.223. The minimum Gasteiger partial charge on any atom is -0.493 e. The number of halogens is 2. The fourth-order valence-electron chi connectivity index (χ4n) is 2.82. The molecule has 1 heterocycles. The number of nitrogens with zero attached hydrogens (tertiary/aromatic N) is 2. The van der Waals surface area contributed by atoms with Crippen molar-refractivity contribution in [1.29, 1.82) is 0 Å². The molecule has 0 atom stereocenters. The first-order valence-electron chi connectivity index (χ1n) is 8.55. The highest BCUT2D eigenvalue weighted by atomic mass is 79.9. The second-order valence-electron chi connectivity index (χ2n) is 5.95. The van der Waals surface area contributed by atoms with Gasteiger partial charge in [0.25, 0.3) is 5.91 Å². The van der Waals surface area contributed by atoms with Crippen LogP contribution in [0.4, 0.5) is 10.2 Å². The van der Waals surface area contributed by atoms with Crippen LogP contribution < -0.4 is 19.5 Å². The number of hydrogen-bond acceptors (Lipinski definition) is 5. The molecule has 0 saturated heterocycles. The number of carbonyl (C=O) groups is 1. The van der Waals surface area contributed by atoms with E-state index in [1.54, 1.807) is 36.5 Å². The van der Waals surface area contributed by atoms with Crippen LogP contribution in [0.2, 0.25) is 0 Å². The second-order valence-corrected chi connectivity index (χ2v) is 6.80. The lowest BCUT2D eigenvalue weighted by Crippen LogP contribution is -2.15. The van der Waals surface area contributed by atoms with Crippen molar-refractivity contribution in [1.82, 2.24) is 9.78 Å². The number of carbonyl (C=O) groups excluding carboxylic acids is 1. The van der Waals surface area contributed by atoms with E-state index >= 15 is 0 Å². The van der Waals surface area contributed by atoms with Gasteiger partial charge in [-0.25, -0.2) is 4.39 Å². The van der Waals surface area contributed by atoms with Gasteiger partial charge in [0.05, 0.1) is 37.9 Å². The molecule has 29 heavy (non-hydrogen) atoms. The molecule has 7 nitrogen and oxygen atoms in total. The Labute approximate surface area is 175 Å². The van der Waals surface area contributed by atoms with Gasteiger partial charge in [-0.15, -0.1) is 0 Å². The van der Waals surface area contributed by atoms with Crippen LogP contribution in [0.15, 0.2) is 47.1 Å². The van der Waals surface area contributed by atoms with Crippen LogP contribution >= 0.6 is 15.9 Å². The number of anilines is 1. The minimum atomic E-state index is -0.445. The molecule has 3 aromatic rings. The molecule has 9 heteroatoms. The van der Waals surface area contributed by atoms with Gasteiger partial charge in [0.15, 0.2) is 17.3 Å². The second kappa shape index (κ2) is 8.95. The number of methoxy groups -OCH3 is 3. The molecule has 1 aromatic heterocycles. The summed E-state index contributed by atoms with van der Waals surface area (Å²) in [6.07, 6.45) is 1.66. The highest BCUT2D eigenvalue weighted by molar-refractivity contribution is 9.10. The number of hydrogen-bond donors (Lipinski definition) is 1. The molecule has 0 radical (unpaired) electrons. The van der Waals surface area contributed by atoms with Gasteiger partial charge in [-0.3, -0.25) is 9.48 Å². The molecular formula is C20H19BrFN3O4. The molecule has 0 unspecified atom stereocenters. The van der Waals surface area contributed by atoms with Gasteiger partial charge >= 0.3 is 0 Å². The largest absolute Gasteiger partial charge is 0.493 e. The van der Waals surface area contributed by atoms with Crippen molar-refractivity contribution in [2.75, 3.05) is 26.6 Å². The van der Waals surface area contributed by atoms with Crippen molar-refractivity contribution in [2.24, 2.45) is 0 Å². The SMILES string of the molecule is COc1ccc(C(=O)Nc2nn(Cc3ccccc3F)cc2Br)c(OC)c1OC. The van der Waals surface area contributed by atoms with E-state index in [0.29, 0.717) is 27.4 Å². The Morgan fingerprint density at radius 1 is 1.10 bits per heavy atom. The van der Waals surface area contributed by atoms with Crippen LogP contribution in [0.5, 0.6) is 17.2 Å². The first-order valence-corrected chi connectivity index (χ1v) is 9.34. The third-order valence-electron chi connectivity index (χ3n) is 4.19. The van der Waals surface area contributed by atoms with Crippen LogP contribution in [0.1, 0.15) is 15.9 Å². The van der Waals surface area contributed by atoms with E-state index in [1.807, 2.05) is 0 Å². The predicted molar refractivity (Wildman–Crippen MR) is 109 cm³/mol. The highest BCUT2D eigenvalue weighted by Gasteiger charge is 2.22. The highest BCUT2D eigenvalue weighted by Crippen LogP contribution is 2.40. The monoisotopic (exact) mass is 463 g/mol. The van der Waals surface area contributed by atoms with Gasteiger partial charge in [-0.2, -0.15) is 5.10 Å². The summed E-state index contributed by atoms with van der Waals surface area (Å²) in [4.78, 5) is 12.8. The van der Waals surface area contributed by atoms with E-state index in [0.717, 1.165) is 0 Å². The molecule has 1 amide bonds. The summed E-state index contributed by atoms with van der Waals surface area (Å²) in [6, 6.07) is 9.63. The van der Waals surface area contributed by atoms with Crippen molar-refractivity contribution in [3.8, 4) is 17.2 Å².